The van der Waals surface area contributed by atoms with Crippen LogP contribution in [-0.2, 0) is 24.0 Å². The normalized spacial score (nSPS) is 22.2. The van der Waals surface area contributed by atoms with E-state index in [0.29, 0.717) is 32.4 Å². The van der Waals surface area contributed by atoms with E-state index in [-0.39, 0.29) is 60.8 Å². The fourth-order valence-electron chi connectivity index (χ4n) is 4.13. The second-order valence-corrected chi connectivity index (χ2v) is 8.59. The monoisotopic (exact) mass is 422 g/mol. The summed E-state index contributed by atoms with van der Waals surface area (Å²) in [6.07, 6.45) is 1.82. The highest BCUT2D eigenvalue weighted by Crippen LogP contribution is 2.21. The van der Waals surface area contributed by atoms with Crippen molar-refractivity contribution in [3.05, 3.63) is 0 Å². The van der Waals surface area contributed by atoms with E-state index in [2.05, 4.69) is 10.6 Å². The molecule has 2 rings (SSSR count). The molecule has 0 aromatic rings. The van der Waals surface area contributed by atoms with Crippen molar-refractivity contribution in [3.8, 4) is 0 Å². The van der Waals surface area contributed by atoms with Gasteiger partial charge in [0.25, 0.3) is 0 Å². The molecule has 2 N–H and O–H groups in total. The van der Waals surface area contributed by atoms with Crippen LogP contribution in [0.4, 0.5) is 0 Å². The molecule has 2 aliphatic heterocycles. The Morgan fingerprint density at radius 2 is 1.93 bits per heavy atom. The van der Waals surface area contributed by atoms with E-state index in [4.69, 9.17) is 0 Å². The molecule has 4 amide bonds. The van der Waals surface area contributed by atoms with Crippen LogP contribution in [0.1, 0.15) is 53.4 Å². The van der Waals surface area contributed by atoms with Crippen LogP contribution in [0.5, 0.6) is 0 Å². The van der Waals surface area contributed by atoms with Crippen molar-refractivity contribution in [3.63, 3.8) is 0 Å². The maximum Gasteiger partial charge on any atom is 0.245 e. The first-order valence-corrected chi connectivity index (χ1v) is 10.8. The molecule has 2 heterocycles. The molecule has 0 bridgehead atoms. The van der Waals surface area contributed by atoms with Gasteiger partial charge in [0.2, 0.25) is 23.6 Å². The van der Waals surface area contributed by atoms with Crippen molar-refractivity contribution in [2.45, 2.75) is 65.5 Å². The smallest absolute Gasteiger partial charge is 0.245 e. The number of Topliss-reactive ketones (excluding diaryl/α,β-unsaturated/α-hetero) is 1. The number of hydrogen-bond donors (Lipinski definition) is 2. The highest BCUT2D eigenvalue weighted by Gasteiger charge is 2.40. The Bertz CT molecular complexity index is 693. The fourth-order valence-corrected chi connectivity index (χ4v) is 4.13. The summed E-state index contributed by atoms with van der Waals surface area (Å²) in [4.78, 5) is 64.8. The first-order valence-electron chi connectivity index (χ1n) is 10.8. The molecular formula is C21H34N4O5. The zero-order chi connectivity index (χ0) is 22.4. The molecule has 9 nitrogen and oxygen atoms in total. The van der Waals surface area contributed by atoms with Gasteiger partial charge in [-0.15, -0.1) is 0 Å². The predicted octanol–water partition coefficient (Wildman–Crippen LogP) is 0.0819. The third-order valence-electron chi connectivity index (χ3n) is 5.67. The molecule has 30 heavy (non-hydrogen) atoms. The Labute approximate surface area is 177 Å². The summed E-state index contributed by atoms with van der Waals surface area (Å²) in [5.74, 6) is -1.17. The van der Waals surface area contributed by atoms with Crippen molar-refractivity contribution in [1.29, 1.82) is 0 Å². The van der Waals surface area contributed by atoms with Gasteiger partial charge in [-0.2, -0.15) is 0 Å². The maximum absolute atomic E-state index is 13.3. The zero-order valence-electron chi connectivity index (χ0n) is 18.4. The van der Waals surface area contributed by atoms with Crippen LogP contribution in [0, 0.1) is 11.8 Å². The molecule has 3 atom stereocenters. The summed E-state index contributed by atoms with van der Waals surface area (Å²) in [5, 5.41) is 5.40. The third-order valence-corrected chi connectivity index (χ3v) is 5.67. The van der Waals surface area contributed by atoms with Gasteiger partial charge in [-0.25, -0.2) is 0 Å². The lowest BCUT2D eigenvalue weighted by Crippen LogP contribution is -2.51. The first kappa shape index (κ1) is 23.8. The highest BCUT2D eigenvalue weighted by molar-refractivity contribution is 5.96. The number of likely N-dealkylation sites (tertiary alicyclic amines) is 1. The number of carbonyl (C=O) groups excluding carboxylic acids is 5. The average Bonchev–Trinajstić information content (AvgIpc) is 3.23. The zero-order valence-corrected chi connectivity index (χ0v) is 18.4. The molecule has 0 saturated carbocycles. The molecule has 0 spiro atoms. The molecule has 0 aliphatic carbocycles. The van der Waals surface area contributed by atoms with Crippen molar-refractivity contribution >= 4 is 29.4 Å². The Morgan fingerprint density at radius 1 is 1.23 bits per heavy atom. The van der Waals surface area contributed by atoms with Crippen LogP contribution in [0.3, 0.4) is 0 Å². The van der Waals surface area contributed by atoms with Crippen LogP contribution in [-0.4, -0.2) is 77.5 Å². The van der Waals surface area contributed by atoms with Gasteiger partial charge in [0.1, 0.15) is 6.04 Å². The first-order chi connectivity index (χ1) is 14.1. The van der Waals surface area contributed by atoms with E-state index in [0.717, 1.165) is 0 Å². The lowest BCUT2D eigenvalue weighted by molar-refractivity contribution is -0.142. The molecule has 2 fully saturated rings. The summed E-state index contributed by atoms with van der Waals surface area (Å²) in [6, 6.07) is -1.26. The lowest BCUT2D eigenvalue weighted by Gasteiger charge is -2.31. The number of carbonyl (C=O) groups is 5. The van der Waals surface area contributed by atoms with Gasteiger partial charge in [-0.1, -0.05) is 20.8 Å². The van der Waals surface area contributed by atoms with Crippen LogP contribution < -0.4 is 10.6 Å². The third kappa shape index (κ3) is 6.03. The molecule has 2 aliphatic rings. The van der Waals surface area contributed by atoms with Crippen LogP contribution in [0.25, 0.3) is 0 Å². The largest absolute Gasteiger partial charge is 0.356 e. The second kappa shape index (κ2) is 10.5. The van der Waals surface area contributed by atoms with E-state index in [9.17, 15) is 24.0 Å². The van der Waals surface area contributed by atoms with E-state index in [1.54, 1.807) is 11.8 Å². The number of hydrogen-bond acceptors (Lipinski definition) is 5. The van der Waals surface area contributed by atoms with Gasteiger partial charge in [0.05, 0.1) is 18.5 Å². The summed E-state index contributed by atoms with van der Waals surface area (Å²) in [6.45, 7) is 8.09. The average molecular weight is 423 g/mol. The molecule has 9 heteroatoms. The van der Waals surface area contributed by atoms with Gasteiger partial charge < -0.3 is 20.4 Å². The molecule has 168 valence electrons. The van der Waals surface area contributed by atoms with Gasteiger partial charge in [0, 0.05) is 33.0 Å². The van der Waals surface area contributed by atoms with Crippen molar-refractivity contribution in [1.82, 2.24) is 20.4 Å². The van der Waals surface area contributed by atoms with E-state index < -0.39 is 12.1 Å². The van der Waals surface area contributed by atoms with Gasteiger partial charge in [-0.3, -0.25) is 24.0 Å². The summed E-state index contributed by atoms with van der Waals surface area (Å²) in [7, 11) is 0. The number of nitrogens with zero attached hydrogens (tertiary/aromatic N) is 2. The Hall–Kier alpha value is -2.45. The highest BCUT2D eigenvalue weighted by atomic mass is 16.2. The van der Waals surface area contributed by atoms with Crippen LogP contribution in [0.15, 0.2) is 0 Å². The molecule has 0 aromatic carbocycles. The number of amides is 4. The maximum atomic E-state index is 13.3. The quantitative estimate of drug-likeness (QED) is 0.517. The lowest BCUT2D eigenvalue weighted by atomic mass is 9.98. The van der Waals surface area contributed by atoms with Gasteiger partial charge in [0.15, 0.2) is 5.78 Å². The minimum atomic E-state index is -0.652. The van der Waals surface area contributed by atoms with Crippen LogP contribution >= 0.6 is 0 Å². The van der Waals surface area contributed by atoms with Crippen molar-refractivity contribution < 1.29 is 24.0 Å². The molecule has 0 radical (unpaired) electrons. The SMILES string of the molecule is CCC(=O)N(CC(=O)[C@H](CC(C)C)N1CC[C@H](NC(C)=O)C1=O)C[C@@H]1CCNC1=O. The number of rotatable bonds is 10. The molecule has 0 unspecified atom stereocenters. The number of nitrogens with one attached hydrogen (secondary N) is 2. The topological polar surface area (TPSA) is 116 Å². The Balaban J connectivity index is 2.14. The molecule has 0 aromatic heterocycles. The van der Waals surface area contributed by atoms with Crippen molar-refractivity contribution in [2.24, 2.45) is 11.8 Å². The fraction of sp³-hybridized carbons (Fsp3) is 0.762. The molecular weight excluding hydrogens is 388 g/mol. The standard InChI is InChI=1S/C21H34N4O5/c1-5-19(28)24(11-15-6-8-22-20(15)29)12-18(27)17(10-13(2)3)25-9-7-16(21(25)30)23-14(4)26/h13,15-17H,5-12H2,1-4H3,(H,22,29)(H,23,26)/t15-,16-,17-/m0/s1. The summed E-state index contributed by atoms with van der Waals surface area (Å²) >= 11 is 0. The summed E-state index contributed by atoms with van der Waals surface area (Å²) in [5.41, 5.74) is 0. The molecule has 2 saturated heterocycles. The number of ketones is 1. The van der Waals surface area contributed by atoms with E-state index in [1.807, 2.05) is 13.8 Å². The van der Waals surface area contributed by atoms with E-state index >= 15 is 0 Å². The van der Waals surface area contributed by atoms with E-state index in [1.165, 1.54) is 11.8 Å². The Morgan fingerprint density at radius 3 is 2.47 bits per heavy atom. The second-order valence-electron chi connectivity index (χ2n) is 8.59. The van der Waals surface area contributed by atoms with Gasteiger partial charge in [-0.05, 0) is 25.2 Å². The van der Waals surface area contributed by atoms with Crippen molar-refractivity contribution in [2.75, 3.05) is 26.2 Å². The minimum Gasteiger partial charge on any atom is -0.356 e. The van der Waals surface area contributed by atoms with Crippen LogP contribution in [0.2, 0.25) is 0 Å². The summed E-state index contributed by atoms with van der Waals surface area (Å²) < 4.78 is 0. The minimum absolute atomic E-state index is 0.0945. The predicted molar refractivity (Wildman–Crippen MR) is 110 cm³/mol. The Kier molecular flexibility index (Phi) is 8.37. The van der Waals surface area contributed by atoms with Gasteiger partial charge >= 0.3 is 0 Å².